The fraction of sp³-hybridized carbons (Fsp3) is 1.00. The van der Waals surface area contributed by atoms with Crippen LogP contribution in [0.3, 0.4) is 0 Å². The third kappa shape index (κ3) is 21.4. The lowest BCUT2D eigenvalue weighted by Gasteiger charge is -2.42. The van der Waals surface area contributed by atoms with Gasteiger partial charge in [-0.15, -0.1) is 0 Å². The molecule has 9 heteroatoms. The Hall–Kier alpha value is 0.668. The molecule has 0 bridgehead atoms. The van der Waals surface area contributed by atoms with Crippen LogP contribution >= 0.6 is 0 Å². The quantitative estimate of drug-likeness (QED) is 0.260. The molecule has 0 amide bonds. The topological polar surface area (TPSA) is 65.7 Å². The normalized spacial score (nSPS) is 15.1. The monoisotopic (exact) mass is 474 g/mol. The predicted molar refractivity (Wildman–Crippen MR) is 142 cm³/mol. The summed E-state index contributed by atoms with van der Waals surface area (Å²) < 4.78 is 19.7. The maximum Gasteiger partial charge on any atom is 0.316 e. The first kappa shape index (κ1) is 39.2. The zero-order valence-corrected chi connectivity index (χ0v) is 21.7. The van der Waals surface area contributed by atoms with Crippen molar-refractivity contribution in [1.82, 2.24) is 5.32 Å². The molecule has 0 fully saturated rings. The van der Waals surface area contributed by atoms with Gasteiger partial charge in [0.1, 0.15) is 0 Å². The SMILES string of the molecule is C.C.C.C.CC(CNCCN)C[Si](C)(O[Si](C)(C)C)O[Si](C)(C)O[Si](C)(C)C. The van der Waals surface area contributed by atoms with Crippen LogP contribution in [0, 0.1) is 5.92 Å². The fourth-order valence-electron chi connectivity index (χ4n) is 3.19. The van der Waals surface area contributed by atoms with Gasteiger partial charge in [-0.1, -0.05) is 36.6 Å². The maximum atomic E-state index is 6.70. The van der Waals surface area contributed by atoms with Gasteiger partial charge in [0.25, 0.3) is 0 Å². The molecule has 28 heavy (non-hydrogen) atoms. The molecule has 0 aliphatic rings. The van der Waals surface area contributed by atoms with E-state index in [0.29, 0.717) is 12.5 Å². The first-order valence-electron chi connectivity index (χ1n) is 9.09. The molecule has 0 spiro atoms. The lowest BCUT2D eigenvalue weighted by molar-refractivity contribution is 0.315. The minimum atomic E-state index is -2.29. The fourth-order valence-corrected chi connectivity index (χ4v) is 21.6. The summed E-state index contributed by atoms with van der Waals surface area (Å²) >= 11 is 0. The molecule has 0 saturated carbocycles. The van der Waals surface area contributed by atoms with Gasteiger partial charge in [0.2, 0.25) is 0 Å². The first-order valence-corrected chi connectivity index (χ1v) is 21.2. The zero-order chi connectivity index (χ0) is 19.2. The van der Waals surface area contributed by atoms with Gasteiger partial charge in [-0.25, -0.2) is 0 Å². The smallest absolute Gasteiger partial charge is 0.316 e. The average molecular weight is 475 g/mol. The molecule has 0 heterocycles. The van der Waals surface area contributed by atoms with Crippen molar-refractivity contribution in [2.24, 2.45) is 11.7 Å². The molecule has 178 valence electrons. The molecule has 2 unspecified atom stereocenters. The van der Waals surface area contributed by atoms with Gasteiger partial charge in [0.05, 0.1) is 0 Å². The molecule has 0 aromatic carbocycles. The molecule has 0 rings (SSSR count). The second-order valence-corrected chi connectivity index (χ2v) is 25.7. The van der Waals surface area contributed by atoms with Gasteiger partial charge < -0.3 is 23.4 Å². The van der Waals surface area contributed by atoms with Crippen LogP contribution in [0.15, 0.2) is 0 Å². The second-order valence-electron chi connectivity index (χ2n) is 9.37. The minimum Gasteiger partial charge on any atom is -0.437 e. The number of rotatable bonds is 12. The van der Waals surface area contributed by atoms with Crippen molar-refractivity contribution < 1.29 is 12.3 Å². The average Bonchev–Trinajstić information content (AvgIpc) is 2.20. The van der Waals surface area contributed by atoms with Gasteiger partial charge in [-0.3, -0.25) is 0 Å². The molecule has 0 radical (unpaired) electrons. The second kappa shape index (κ2) is 15.5. The van der Waals surface area contributed by atoms with Gasteiger partial charge in [-0.05, 0) is 77.4 Å². The summed E-state index contributed by atoms with van der Waals surface area (Å²) in [6, 6.07) is 0.986. The van der Waals surface area contributed by atoms with Crippen molar-refractivity contribution in [2.75, 3.05) is 19.6 Å². The van der Waals surface area contributed by atoms with E-state index in [2.05, 4.69) is 71.2 Å². The predicted octanol–water partition coefficient (Wildman–Crippen LogP) is 6.21. The molecule has 0 aromatic rings. The highest BCUT2D eigenvalue weighted by molar-refractivity contribution is 6.89. The first-order chi connectivity index (χ1) is 10.6. The van der Waals surface area contributed by atoms with Crippen LogP contribution in [-0.4, -0.2) is 53.4 Å². The Balaban J connectivity index is -0.000000441. The van der Waals surface area contributed by atoms with Crippen molar-refractivity contribution in [3.63, 3.8) is 0 Å². The van der Waals surface area contributed by atoms with Gasteiger partial charge in [-0.2, -0.15) is 0 Å². The summed E-state index contributed by atoms with van der Waals surface area (Å²) in [4.78, 5) is 0. The van der Waals surface area contributed by atoms with Gasteiger partial charge in [0, 0.05) is 13.1 Å². The standard InChI is InChI=1S/C15H42N2O3Si4.4CH4/c1-15(13-17-12-11-16)14-24(10,19-22(5,6)7)20-23(8,9)18-21(2,3)4;;;;/h15,17H,11-14,16H2,1-10H3;4*1H4. The highest BCUT2D eigenvalue weighted by Crippen LogP contribution is 2.29. The van der Waals surface area contributed by atoms with Gasteiger partial charge >= 0.3 is 17.1 Å². The Bertz CT molecular complexity index is 375. The molecule has 2 atom stereocenters. The van der Waals surface area contributed by atoms with E-state index in [-0.39, 0.29) is 29.7 Å². The third-order valence-corrected chi connectivity index (χ3v) is 16.8. The van der Waals surface area contributed by atoms with E-state index >= 15 is 0 Å². The van der Waals surface area contributed by atoms with Crippen LogP contribution < -0.4 is 11.1 Å². The molecular weight excluding hydrogens is 417 g/mol. The van der Waals surface area contributed by atoms with E-state index in [9.17, 15) is 0 Å². The Morgan fingerprint density at radius 3 is 1.54 bits per heavy atom. The highest BCUT2D eigenvalue weighted by atomic mass is 28.5. The molecule has 0 aliphatic carbocycles. The number of nitrogens with two attached hydrogens (primary N) is 1. The van der Waals surface area contributed by atoms with Crippen LogP contribution in [0.25, 0.3) is 0 Å². The number of hydrogen-bond acceptors (Lipinski definition) is 5. The minimum absolute atomic E-state index is 0. The van der Waals surface area contributed by atoms with E-state index in [1.54, 1.807) is 0 Å². The summed E-state index contributed by atoms with van der Waals surface area (Å²) in [5.41, 5.74) is 5.56. The lowest BCUT2D eigenvalue weighted by atomic mass is 10.2. The Morgan fingerprint density at radius 1 is 0.750 bits per heavy atom. The van der Waals surface area contributed by atoms with E-state index in [1.165, 1.54) is 0 Å². The number of hydrogen-bond donors (Lipinski definition) is 2. The van der Waals surface area contributed by atoms with Crippen molar-refractivity contribution in [2.45, 2.75) is 102 Å². The summed E-state index contributed by atoms with van der Waals surface area (Å²) in [6.07, 6.45) is 0. The van der Waals surface area contributed by atoms with Crippen LogP contribution in [0.2, 0.25) is 65.0 Å². The molecule has 0 aromatic heterocycles. The largest absolute Gasteiger partial charge is 0.437 e. The Labute approximate surface area is 184 Å². The maximum absolute atomic E-state index is 6.70. The van der Waals surface area contributed by atoms with E-state index in [4.69, 9.17) is 18.1 Å². The summed E-state index contributed by atoms with van der Waals surface area (Å²) in [5.74, 6) is 0.501. The van der Waals surface area contributed by atoms with Gasteiger partial charge in [0.15, 0.2) is 16.6 Å². The zero-order valence-electron chi connectivity index (χ0n) is 17.7. The Kier molecular flexibility index (Phi) is 21.6. The van der Waals surface area contributed by atoms with Crippen LogP contribution in [0.4, 0.5) is 0 Å². The molecule has 5 nitrogen and oxygen atoms in total. The Morgan fingerprint density at radius 2 is 1.18 bits per heavy atom. The van der Waals surface area contributed by atoms with Crippen molar-refractivity contribution in [3.8, 4) is 0 Å². The van der Waals surface area contributed by atoms with Crippen LogP contribution in [0.5, 0.6) is 0 Å². The molecule has 0 saturated heterocycles. The van der Waals surface area contributed by atoms with Crippen LogP contribution in [-0.2, 0) is 12.3 Å². The van der Waals surface area contributed by atoms with Crippen molar-refractivity contribution >= 4 is 33.8 Å². The summed E-state index contributed by atoms with van der Waals surface area (Å²) in [5, 5.41) is 3.41. The molecule has 3 N–H and O–H groups in total. The van der Waals surface area contributed by atoms with Crippen molar-refractivity contribution in [1.29, 1.82) is 0 Å². The number of nitrogens with one attached hydrogen (secondary N) is 1. The molecular formula is C19H58N2O3Si4. The van der Waals surface area contributed by atoms with E-state index in [0.717, 1.165) is 19.1 Å². The summed E-state index contributed by atoms with van der Waals surface area (Å²) in [6.45, 7) is 24.7. The highest BCUT2D eigenvalue weighted by Gasteiger charge is 2.45. The van der Waals surface area contributed by atoms with E-state index in [1.807, 2.05) is 0 Å². The lowest BCUT2D eigenvalue weighted by Crippen LogP contribution is -2.57. The third-order valence-electron chi connectivity index (χ3n) is 3.07. The van der Waals surface area contributed by atoms with Crippen LogP contribution in [0.1, 0.15) is 36.6 Å². The summed E-state index contributed by atoms with van der Waals surface area (Å²) in [7, 11) is -7.80. The van der Waals surface area contributed by atoms with E-state index < -0.39 is 33.8 Å². The molecule has 0 aliphatic heterocycles. The van der Waals surface area contributed by atoms with Crippen molar-refractivity contribution in [3.05, 3.63) is 0 Å².